The summed E-state index contributed by atoms with van der Waals surface area (Å²) in [7, 11) is 0. The van der Waals surface area contributed by atoms with Crippen LogP contribution in [0.25, 0.3) is 11.7 Å². The molecule has 8 heteroatoms. The van der Waals surface area contributed by atoms with E-state index in [-0.39, 0.29) is 24.2 Å². The minimum absolute atomic E-state index is 0.131. The molecule has 2 aromatic rings. The summed E-state index contributed by atoms with van der Waals surface area (Å²) in [5.74, 6) is 1.53. The van der Waals surface area contributed by atoms with Crippen LogP contribution in [0, 0.1) is 17.2 Å². The van der Waals surface area contributed by atoms with Crippen LogP contribution in [0.2, 0.25) is 0 Å². The molecule has 0 bridgehead atoms. The van der Waals surface area contributed by atoms with Crippen LogP contribution in [-0.4, -0.2) is 49.3 Å². The van der Waals surface area contributed by atoms with E-state index < -0.39 is 0 Å². The summed E-state index contributed by atoms with van der Waals surface area (Å²) in [6.07, 6.45) is 11.4. The summed E-state index contributed by atoms with van der Waals surface area (Å²) in [4.78, 5) is 19.0. The molecule has 30 heavy (non-hydrogen) atoms. The van der Waals surface area contributed by atoms with Crippen LogP contribution >= 0.6 is 0 Å². The number of hydrogen-bond donors (Lipinski definition) is 0. The fraction of sp³-hybridized carbons (Fsp3) is 0.591. The van der Waals surface area contributed by atoms with E-state index in [4.69, 9.17) is 10.00 Å². The largest absolute Gasteiger partial charge is 0.446 e. The molecule has 0 radical (unpaired) electrons. The molecular formula is C22H26N6O2. The molecule has 0 aliphatic heterocycles. The van der Waals surface area contributed by atoms with Crippen molar-refractivity contribution in [2.75, 3.05) is 6.54 Å². The zero-order valence-corrected chi connectivity index (χ0v) is 17.2. The third kappa shape index (κ3) is 3.32. The number of carbonyl (C=O) groups is 1. The highest BCUT2D eigenvalue weighted by Crippen LogP contribution is 2.43. The van der Waals surface area contributed by atoms with E-state index in [1.807, 2.05) is 0 Å². The van der Waals surface area contributed by atoms with Gasteiger partial charge < -0.3 is 9.64 Å². The topological polar surface area (TPSA) is 96.4 Å². The molecule has 0 aromatic carbocycles. The summed E-state index contributed by atoms with van der Waals surface area (Å²) >= 11 is 0. The lowest BCUT2D eigenvalue weighted by molar-refractivity contribution is 0.0617. The molecule has 2 saturated carbocycles. The van der Waals surface area contributed by atoms with Crippen molar-refractivity contribution in [2.45, 2.75) is 69.9 Å². The van der Waals surface area contributed by atoms with Crippen molar-refractivity contribution in [3.05, 3.63) is 29.5 Å². The predicted octanol–water partition coefficient (Wildman–Crippen LogP) is 3.48. The second-order valence-electron chi connectivity index (χ2n) is 8.53. The highest BCUT2D eigenvalue weighted by atomic mass is 16.6. The van der Waals surface area contributed by atoms with Crippen molar-refractivity contribution >= 4 is 17.8 Å². The van der Waals surface area contributed by atoms with Gasteiger partial charge in [0, 0.05) is 24.9 Å². The third-order valence-electron chi connectivity index (χ3n) is 6.63. The molecule has 3 aliphatic carbocycles. The van der Waals surface area contributed by atoms with Gasteiger partial charge >= 0.3 is 6.09 Å². The third-order valence-corrected chi connectivity index (χ3v) is 6.63. The monoisotopic (exact) mass is 406 g/mol. The zero-order chi connectivity index (χ0) is 20.7. The van der Waals surface area contributed by atoms with Crippen molar-refractivity contribution in [1.82, 2.24) is 24.5 Å². The molecule has 3 atom stereocenters. The molecule has 156 valence electrons. The number of amides is 1. The minimum Gasteiger partial charge on any atom is -0.446 e. The molecule has 0 N–H and O–H groups in total. The van der Waals surface area contributed by atoms with Crippen molar-refractivity contribution in [2.24, 2.45) is 5.92 Å². The maximum absolute atomic E-state index is 12.8. The number of hydrogen-bond acceptors (Lipinski definition) is 6. The lowest BCUT2D eigenvalue weighted by Crippen LogP contribution is -2.36. The van der Waals surface area contributed by atoms with Crippen LogP contribution in [-0.2, 0) is 11.2 Å². The van der Waals surface area contributed by atoms with Gasteiger partial charge in [-0.25, -0.2) is 4.79 Å². The Balaban J connectivity index is 1.36. The number of nitrogens with zero attached hydrogens (tertiary/aromatic N) is 6. The van der Waals surface area contributed by atoms with Gasteiger partial charge in [-0.15, -0.1) is 10.2 Å². The summed E-state index contributed by atoms with van der Waals surface area (Å²) < 4.78 is 8.06. The molecule has 8 nitrogen and oxygen atoms in total. The van der Waals surface area contributed by atoms with E-state index in [9.17, 15) is 4.79 Å². The first-order valence-corrected chi connectivity index (χ1v) is 10.9. The van der Waals surface area contributed by atoms with E-state index in [0.29, 0.717) is 18.9 Å². The molecule has 2 fully saturated rings. The Labute approximate surface area is 175 Å². The van der Waals surface area contributed by atoms with Gasteiger partial charge in [0.05, 0.1) is 30.1 Å². The van der Waals surface area contributed by atoms with E-state index in [2.05, 4.69) is 44.7 Å². The average molecular weight is 406 g/mol. The maximum atomic E-state index is 12.8. The van der Waals surface area contributed by atoms with Gasteiger partial charge in [0.1, 0.15) is 11.9 Å². The van der Waals surface area contributed by atoms with Crippen molar-refractivity contribution in [3.8, 4) is 6.07 Å². The molecule has 0 saturated heterocycles. The Kier molecular flexibility index (Phi) is 4.89. The Hall–Kier alpha value is -2.95. The predicted molar refractivity (Wildman–Crippen MR) is 110 cm³/mol. The van der Waals surface area contributed by atoms with E-state index in [1.165, 1.54) is 0 Å². The molecule has 0 unspecified atom stereocenters. The SMILES string of the molecule is CC[C@@H]1C[C@H](OC(=O)N(CCC#N)C2CC2)C[C@@H]1c1nnc2cnc3c(n12)C=CC3. The molecule has 2 aromatic heterocycles. The number of ether oxygens (including phenoxy) is 1. The fourth-order valence-corrected chi connectivity index (χ4v) is 4.95. The molecule has 0 spiro atoms. The molecule has 3 aliphatic rings. The quantitative estimate of drug-likeness (QED) is 0.729. The number of rotatable bonds is 6. The number of aromatic nitrogens is 4. The lowest BCUT2D eigenvalue weighted by atomic mass is 9.93. The van der Waals surface area contributed by atoms with Crippen molar-refractivity contribution < 1.29 is 9.53 Å². The number of carbonyl (C=O) groups excluding carboxylic acids is 1. The summed E-state index contributed by atoms with van der Waals surface area (Å²) in [6, 6.07) is 2.37. The van der Waals surface area contributed by atoms with Crippen LogP contribution in [0.5, 0.6) is 0 Å². The second-order valence-corrected chi connectivity index (χ2v) is 8.53. The van der Waals surface area contributed by atoms with Crippen LogP contribution in [0.4, 0.5) is 4.79 Å². The Morgan fingerprint density at radius 3 is 3.00 bits per heavy atom. The number of nitriles is 1. The first-order valence-electron chi connectivity index (χ1n) is 10.9. The highest BCUT2D eigenvalue weighted by molar-refractivity contribution is 5.68. The maximum Gasteiger partial charge on any atom is 0.410 e. The number of fused-ring (bicyclic) bond motifs is 3. The summed E-state index contributed by atoms with van der Waals surface area (Å²) in [5, 5.41) is 17.8. The van der Waals surface area contributed by atoms with E-state index >= 15 is 0 Å². The first-order chi connectivity index (χ1) is 14.7. The standard InChI is InChI=1S/C22H26N6O2/c1-2-14-11-16(30-22(29)27(10-4-9-23)15-7-8-15)12-17(14)21-26-25-20-13-24-18-5-3-6-19(18)28(20)21/h3,6,13-17H,2,4-5,7-8,10-12H2,1H3/t14-,16+,17+/m1/s1. The summed E-state index contributed by atoms with van der Waals surface area (Å²) in [6.45, 7) is 2.63. The fourth-order valence-electron chi connectivity index (χ4n) is 4.95. The van der Waals surface area contributed by atoms with E-state index in [0.717, 1.165) is 61.4 Å². The van der Waals surface area contributed by atoms with E-state index in [1.54, 1.807) is 11.1 Å². The summed E-state index contributed by atoms with van der Waals surface area (Å²) in [5.41, 5.74) is 2.89. The van der Waals surface area contributed by atoms with Gasteiger partial charge in [-0.05, 0) is 37.7 Å². The van der Waals surface area contributed by atoms with Gasteiger partial charge in [0.25, 0.3) is 0 Å². The van der Waals surface area contributed by atoms with Crippen LogP contribution < -0.4 is 0 Å². The second kappa shape index (κ2) is 7.71. The van der Waals surface area contributed by atoms with Gasteiger partial charge in [-0.3, -0.25) is 9.38 Å². The van der Waals surface area contributed by atoms with Crippen molar-refractivity contribution in [3.63, 3.8) is 0 Å². The van der Waals surface area contributed by atoms with Gasteiger partial charge in [-0.1, -0.05) is 19.4 Å². The number of allylic oxidation sites excluding steroid dienone is 1. The normalized spacial score (nSPS) is 24.7. The Bertz CT molecular complexity index is 1030. The smallest absolute Gasteiger partial charge is 0.410 e. The molecule has 5 rings (SSSR count). The Morgan fingerprint density at radius 1 is 1.37 bits per heavy atom. The first kappa shape index (κ1) is 19.0. The molecule has 2 heterocycles. The van der Waals surface area contributed by atoms with Crippen LogP contribution in [0.1, 0.15) is 68.6 Å². The lowest BCUT2D eigenvalue weighted by Gasteiger charge is -2.23. The van der Waals surface area contributed by atoms with Gasteiger partial charge in [0.15, 0.2) is 5.65 Å². The Morgan fingerprint density at radius 2 is 2.23 bits per heavy atom. The molecular weight excluding hydrogens is 380 g/mol. The van der Waals surface area contributed by atoms with Crippen LogP contribution in [0.3, 0.4) is 0 Å². The highest BCUT2D eigenvalue weighted by Gasteiger charge is 2.41. The minimum atomic E-state index is -0.271. The average Bonchev–Trinajstić information content (AvgIpc) is 3.15. The van der Waals surface area contributed by atoms with Crippen molar-refractivity contribution in [1.29, 1.82) is 5.26 Å². The van der Waals surface area contributed by atoms with Gasteiger partial charge in [-0.2, -0.15) is 5.26 Å². The van der Waals surface area contributed by atoms with Gasteiger partial charge in [0.2, 0.25) is 0 Å². The zero-order valence-electron chi connectivity index (χ0n) is 17.2. The van der Waals surface area contributed by atoms with Crippen LogP contribution in [0.15, 0.2) is 12.3 Å². The molecule has 1 amide bonds.